The van der Waals surface area contributed by atoms with Crippen molar-refractivity contribution in [1.82, 2.24) is 4.90 Å². The first-order valence-corrected chi connectivity index (χ1v) is 6.33. The summed E-state index contributed by atoms with van der Waals surface area (Å²) in [6.07, 6.45) is 1.78. The largest absolute Gasteiger partial charge is 0.392 e. The Balaban J connectivity index is 2.03. The van der Waals surface area contributed by atoms with Crippen molar-refractivity contribution in [2.24, 2.45) is 0 Å². The maximum Gasteiger partial charge on any atom is 0.248 e. The van der Waals surface area contributed by atoms with Gasteiger partial charge in [-0.05, 0) is 29.9 Å². The maximum atomic E-state index is 11.4. The van der Waals surface area contributed by atoms with Gasteiger partial charge in [-0.1, -0.05) is 24.3 Å². The van der Waals surface area contributed by atoms with Gasteiger partial charge >= 0.3 is 0 Å². The van der Waals surface area contributed by atoms with E-state index in [0.29, 0.717) is 19.0 Å². The molecule has 1 saturated heterocycles. The van der Waals surface area contributed by atoms with E-state index in [4.69, 9.17) is 5.11 Å². The molecule has 1 aliphatic rings. The molecule has 2 N–H and O–H groups in total. The number of hydrogen-bond acceptors (Lipinski definition) is 3. The maximum absolute atomic E-state index is 11.4. The fourth-order valence-corrected chi connectivity index (χ4v) is 2.62. The van der Waals surface area contributed by atoms with Gasteiger partial charge in [0.15, 0.2) is 0 Å². The van der Waals surface area contributed by atoms with Crippen molar-refractivity contribution in [1.29, 1.82) is 0 Å². The van der Waals surface area contributed by atoms with Gasteiger partial charge in [0, 0.05) is 13.1 Å². The lowest BCUT2D eigenvalue weighted by molar-refractivity contribution is -0.135. The molecule has 4 heteroatoms. The van der Waals surface area contributed by atoms with Crippen LogP contribution in [0.3, 0.4) is 0 Å². The van der Waals surface area contributed by atoms with E-state index in [-0.39, 0.29) is 12.5 Å². The normalized spacial score (nSPS) is 16.9. The van der Waals surface area contributed by atoms with Crippen LogP contribution in [0, 0.1) is 0 Å². The van der Waals surface area contributed by atoms with Gasteiger partial charge < -0.3 is 15.1 Å². The number of benzene rings is 1. The molecule has 1 aromatic rings. The zero-order chi connectivity index (χ0) is 13.0. The molecule has 0 saturated carbocycles. The molecule has 1 aliphatic heterocycles. The van der Waals surface area contributed by atoms with Crippen molar-refractivity contribution in [2.75, 3.05) is 19.7 Å². The van der Waals surface area contributed by atoms with Gasteiger partial charge in [-0.3, -0.25) is 4.79 Å². The molecule has 1 aromatic carbocycles. The Morgan fingerprint density at radius 1 is 1.22 bits per heavy atom. The van der Waals surface area contributed by atoms with Crippen LogP contribution in [0.4, 0.5) is 0 Å². The minimum atomic E-state index is -0.405. The number of rotatable bonds is 3. The van der Waals surface area contributed by atoms with E-state index in [1.165, 1.54) is 5.56 Å². The molecular formula is C14H19NO3. The third-order valence-electron chi connectivity index (χ3n) is 3.65. The van der Waals surface area contributed by atoms with Gasteiger partial charge in [0.25, 0.3) is 0 Å². The summed E-state index contributed by atoms with van der Waals surface area (Å²) in [6.45, 7) is 1.03. The van der Waals surface area contributed by atoms with Crippen LogP contribution < -0.4 is 0 Å². The highest BCUT2D eigenvalue weighted by molar-refractivity contribution is 5.77. The molecule has 0 aliphatic carbocycles. The summed E-state index contributed by atoms with van der Waals surface area (Å²) in [6, 6.07) is 7.92. The van der Waals surface area contributed by atoms with E-state index < -0.39 is 6.61 Å². The van der Waals surface area contributed by atoms with Crippen LogP contribution in [0.5, 0.6) is 0 Å². The number of likely N-dealkylation sites (tertiary alicyclic amines) is 1. The molecular weight excluding hydrogens is 230 g/mol. The molecule has 18 heavy (non-hydrogen) atoms. The molecule has 1 amide bonds. The summed E-state index contributed by atoms with van der Waals surface area (Å²) in [4.78, 5) is 13.1. The number of piperidine rings is 1. The number of carbonyl (C=O) groups is 1. The molecule has 2 rings (SSSR count). The fraction of sp³-hybridized carbons (Fsp3) is 0.500. The second-order valence-corrected chi connectivity index (χ2v) is 4.67. The average molecular weight is 249 g/mol. The van der Waals surface area contributed by atoms with Gasteiger partial charge in [-0.15, -0.1) is 0 Å². The quantitative estimate of drug-likeness (QED) is 0.836. The summed E-state index contributed by atoms with van der Waals surface area (Å²) in [5, 5.41) is 18.2. The molecule has 0 radical (unpaired) electrons. The summed E-state index contributed by atoms with van der Waals surface area (Å²) in [5.41, 5.74) is 2.17. The van der Waals surface area contributed by atoms with Crippen molar-refractivity contribution >= 4 is 5.91 Å². The monoisotopic (exact) mass is 249 g/mol. The molecule has 4 nitrogen and oxygen atoms in total. The third kappa shape index (κ3) is 2.71. The molecule has 1 heterocycles. The summed E-state index contributed by atoms with van der Waals surface area (Å²) < 4.78 is 0. The highest BCUT2D eigenvalue weighted by Gasteiger charge is 2.24. The summed E-state index contributed by atoms with van der Waals surface area (Å²) in [5.74, 6) is 0.208. The van der Waals surface area contributed by atoms with Crippen molar-refractivity contribution in [3.63, 3.8) is 0 Å². The zero-order valence-electron chi connectivity index (χ0n) is 10.4. The molecule has 0 aromatic heterocycles. The highest BCUT2D eigenvalue weighted by Crippen LogP contribution is 2.30. The SMILES string of the molecule is O=C(CO)N1CCC(c2ccccc2CO)CC1. The first kappa shape index (κ1) is 13.1. The second kappa shape index (κ2) is 5.98. The van der Waals surface area contributed by atoms with Crippen LogP contribution in [0.15, 0.2) is 24.3 Å². The number of aliphatic hydroxyl groups is 2. The number of nitrogens with zero attached hydrogens (tertiary/aromatic N) is 1. The van der Waals surface area contributed by atoms with E-state index >= 15 is 0 Å². The highest BCUT2D eigenvalue weighted by atomic mass is 16.3. The fourth-order valence-electron chi connectivity index (χ4n) is 2.62. The van der Waals surface area contributed by atoms with E-state index in [2.05, 4.69) is 6.07 Å². The van der Waals surface area contributed by atoms with Crippen molar-refractivity contribution < 1.29 is 15.0 Å². The van der Waals surface area contributed by atoms with Crippen LogP contribution in [-0.2, 0) is 11.4 Å². The molecule has 0 atom stereocenters. The Morgan fingerprint density at radius 3 is 2.50 bits per heavy atom. The number of carbonyl (C=O) groups excluding carboxylic acids is 1. The Kier molecular flexibility index (Phi) is 4.33. The third-order valence-corrected chi connectivity index (χ3v) is 3.65. The minimum absolute atomic E-state index is 0.0615. The average Bonchev–Trinajstić information content (AvgIpc) is 2.46. The topological polar surface area (TPSA) is 60.8 Å². The number of hydrogen-bond donors (Lipinski definition) is 2. The number of aliphatic hydroxyl groups excluding tert-OH is 2. The van der Waals surface area contributed by atoms with Crippen LogP contribution in [0.25, 0.3) is 0 Å². The lowest BCUT2D eigenvalue weighted by Gasteiger charge is -2.32. The molecule has 0 unspecified atom stereocenters. The minimum Gasteiger partial charge on any atom is -0.392 e. The zero-order valence-corrected chi connectivity index (χ0v) is 10.4. The summed E-state index contributed by atoms with van der Waals surface area (Å²) >= 11 is 0. The predicted molar refractivity (Wildman–Crippen MR) is 68.0 cm³/mol. The Bertz CT molecular complexity index is 411. The Morgan fingerprint density at radius 2 is 1.89 bits per heavy atom. The molecule has 98 valence electrons. The van der Waals surface area contributed by atoms with Crippen LogP contribution in [0.1, 0.15) is 29.9 Å². The van der Waals surface area contributed by atoms with E-state index in [0.717, 1.165) is 18.4 Å². The van der Waals surface area contributed by atoms with Gasteiger partial charge in [0.1, 0.15) is 6.61 Å². The molecule has 1 fully saturated rings. The van der Waals surface area contributed by atoms with E-state index in [1.54, 1.807) is 4.90 Å². The van der Waals surface area contributed by atoms with Crippen molar-refractivity contribution in [3.8, 4) is 0 Å². The smallest absolute Gasteiger partial charge is 0.248 e. The lowest BCUT2D eigenvalue weighted by atomic mass is 9.86. The van der Waals surface area contributed by atoms with Crippen LogP contribution in [0.2, 0.25) is 0 Å². The first-order valence-electron chi connectivity index (χ1n) is 6.33. The number of amides is 1. The van der Waals surface area contributed by atoms with Crippen LogP contribution >= 0.6 is 0 Å². The van der Waals surface area contributed by atoms with Crippen molar-refractivity contribution in [2.45, 2.75) is 25.4 Å². The molecule has 0 bridgehead atoms. The van der Waals surface area contributed by atoms with Gasteiger partial charge in [-0.2, -0.15) is 0 Å². The summed E-state index contributed by atoms with van der Waals surface area (Å²) in [7, 11) is 0. The standard InChI is InChI=1S/C14H19NO3/c16-9-12-3-1-2-4-13(12)11-5-7-15(8-6-11)14(18)10-17/h1-4,11,16-17H,5-10H2. The Hall–Kier alpha value is -1.39. The van der Waals surface area contributed by atoms with Gasteiger partial charge in [0.2, 0.25) is 5.91 Å². The van der Waals surface area contributed by atoms with Gasteiger partial charge in [0.05, 0.1) is 6.61 Å². The Labute approximate surface area is 107 Å². The molecule has 0 spiro atoms. The lowest BCUT2D eigenvalue weighted by Crippen LogP contribution is -2.39. The first-order chi connectivity index (χ1) is 8.76. The van der Waals surface area contributed by atoms with Gasteiger partial charge in [-0.25, -0.2) is 0 Å². The predicted octanol–water partition coefficient (Wildman–Crippen LogP) is 0.877. The van der Waals surface area contributed by atoms with E-state index in [1.807, 2.05) is 18.2 Å². The van der Waals surface area contributed by atoms with Crippen LogP contribution in [-0.4, -0.2) is 40.7 Å². The second-order valence-electron chi connectivity index (χ2n) is 4.67. The van der Waals surface area contributed by atoms with E-state index in [9.17, 15) is 9.90 Å². The van der Waals surface area contributed by atoms with Crippen molar-refractivity contribution in [3.05, 3.63) is 35.4 Å².